The maximum atomic E-state index is 12.2. The summed E-state index contributed by atoms with van der Waals surface area (Å²) in [5.74, 6) is -2.75. The van der Waals surface area contributed by atoms with Gasteiger partial charge in [0.05, 0.1) is 17.9 Å². The van der Waals surface area contributed by atoms with Gasteiger partial charge in [0.2, 0.25) is 0 Å². The summed E-state index contributed by atoms with van der Waals surface area (Å²) in [5, 5.41) is 14.8. The van der Waals surface area contributed by atoms with Crippen LogP contribution in [0, 0.1) is 0 Å². The minimum atomic E-state index is -5.08. The normalized spacial score (nSPS) is 14.8. The van der Waals surface area contributed by atoms with E-state index in [0.29, 0.717) is 6.54 Å². The van der Waals surface area contributed by atoms with E-state index in [0.717, 1.165) is 54.0 Å². The number of fused-ring (bicyclic) bond motifs is 5. The average molecular weight is 436 g/mol. The number of hydrogen-bond donors (Lipinski definition) is 2. The number of carboxylic acid groups (broad SMARTS) is 1. The number of pyridine rings is 1. The highest BCUT2D eigenvalue weighted by molar-refractivity contribution is 5.97. The van der Waals surface area contributed by atoms with Gasteiger partial charge in [0, 0.05) is 23.9 Å². The molecular formula is C21H23F3N4O3. The molecule has 0 radical (unpaired) electrons. The third-order valence-corrected chi connectivity index (χ3v) is 5.04. The van der Waals surface area contributed by atoms with Crippen LogP contribution in [0.1, 0.15) is 53.5 Å². The second-order valence-electron chi connectivity index (χ2n) is 7.27. The molecule has 10 heteroatoms. The molecule has 0 saturated carbocycles. The number of halogens is 3. The van der Waals surface area contributed by atoms with E-state index in [1.165, 1.54) is 18.4 Å². The summed E-state index contributed by atoms with van der Waals surface area (Å²) in [7, 11) is 0. The number of hydrogen-bond acceptors (Lipinski definition) is 4. The Labute approximate surface area is 177 Å². The third-order valence-electron chi connectivity index (χ3n) is 5.04. The molecule has 2 aromatic heterocycles. The zero-order valence-electron chi connectivity index (χ0n) is 17.0. The van der Waals surface area contributed by atoms with Gasteiger partial charge in [-0.05, 0) is 37.0 Å². The highest BCUT2D eigenvalue weighted by atomic mass is 19.4. The number of alkyl halides is 3. The van der Waals surface area contributed by atoms with Gasteiger partial charge in [0.1, 0.15) is 5.69 Å². The lowest BCUT2D eigenvalue weighted by Crippen LogP contribution is -2.36. The molecule has 0 aromatic carbocycles. The lowest BCUT2D eigenvalue weighted by molar-refractivity contribution is -0.192. The van der Waals surface area contributed by atoms with Crippen molar-refractivity contribution >= 4 is 18.0 Å². The Morgan fingerprint density at radius 3 is 2.77 bits per heavy atom. The number of aromatic nitrogens is 3. The minimum Gasteiger partial charge on any atom is -0.475 e. The number of carbonyl (C=O) groups is 2. The van der Waals surface area contributed by atoms with Gasteiger partial charge in [-0.3, -0.25) is 14.5 Å². The standard InChI is InChI=1S/C19H22N4O.C2HF3O2/c1-2-3-4-5-6-14-11-16-13(12-21-14)7-8-15-17(16)22-23-10-9-20-19(24)18(15)23;3-2(4,5)1(6)7/h5-6,11-12H,2-4,7-10H2,1H3,(H,20,24);(H,6,7). The van der Waals surface area contributed by atoms with Crippen molar-refractivity contribution in [1.29, 1.82) is 0 Å². The summed E-state index contributed by atoms with van der Waals surface area (Å²) in [6, 6.07) is 2.12. The number of unbranched alkanes of at least 4 members (excludes halogenated alkanes) is 2. The zero-order chi connectivity index (χ0) is 22.6. The Bertz CT molecular complexity index is 1010. The molecule has 4 rings (SSSR count). The Kier molecular flexibility index (Phi) is 6.77. The van der Waals surface area contributed by atoms with Crippen LogP contribution in [0.2, 0.25) is 0 Å². The summed E-state index contributed by atoms with van der Waals surface area (Å²) < 4.78 is 33.6. The van der Waals surface area contributed by atoms with Gasteiger partial charge < -0.3 is 10.4 Å². The Hall–Kier alpha value is -3.17. The van der Waals surface area contributed by atoms with E-state index in [2.05, 4.69) is 35.4 Å². The van der Waals surface area contributed by atoms with Crippen molar-refractivity contribution in [2.45, 2.75) is 51.7 Å². The Morgan fingerprint density at radius 2 is 2.10 bits per heavy atom. The van der Waals surface area contributed by atoms with Gasteiger partial charge in [-0.2, -0.15) is 18.3 Å². The fourth-order valence-corrected chi connectivity index (χ4v) is 3.52. The monoisotopic (exact) mass is 436 g/mol. The topological polar surface area (TPSA) is 97.1 Å². The largest absolute Gasteiger partial charge is 0.490 e. The molecule has 166 valence electrons. The van der Waals surface area contributed by atoms with Gasteiger partial charge in [0.15, 0.2) is 0 Å². The Morgan fingerprint density at radius 1 is 1.35 bits per heavy atom. The molecule has 0 unspecified atom stereocenters. The second kappa shape index (κ2) is 9.32. The summed E-state index contributed by atoms with van der Waals surface area (Å²) in [4.78, 5) is 25.7. The van der Waals surface area contributed by atoms with Gasteiger partial charge in [-0.15, -0.1) is 0 Å². The lowest BCUT2D eigenvalue weighted by atomic mass is 9.89. The van der Waals surface area contributed by atoms with Crippen molar-refractivity contribution in [1.82, 2.24) is 20.1 Å². The Balaban J connectivity index is 0.000000339. The smallest absolute Gasteiger partial charge is 0.475 e. The number of carboxylic acids is 1. The molecule has 2 aromatic rings. The van der Waals surface area contributed by atoms with Crippen molar-refractivity contribution in [3.05, 3.63) is 40.9 Å². The molecule has 1 aliphatic heterocycles. The first-order valence-corrected chi connectivity index (χ1v) is 10.1. The first kappa shape index (κ1) is 22.5. The van der Waals surface area contributed by atoms with Crippen molar-refractivity contribution in [3.8, 4) is 11.3 Å². The molecule has 0 saturated heterocycles. The first-order valence-electron chi connectivity index (χ1n) is 10.1. The van der Waals surface area contributed by atoms with Crippen LogP contribution >= 0.6 is 0 Å². The fraction of sp³-hybridized carbons (Fsp3) is 0.429. The molecule has 1 aliphatic carbocycles. The maximum absolute atomic E-state index is 12.2. The SMILES string of the molecule is CCCCC=Cc1cc2c(cn1)CCc1c-2nn2c1C(=O)NCC2.O=C(O)C(F)(F)F. The van der Waals surface area contributed by atoms with Crippen molar-refractivity contribution in [2.75, 3.05) is 6.54 Å². The highest BCUT2D eigenvalue weighted by Gasteiger charge is 2.38. The number of nitrogens with one attached hydrogen (secondary N) is 1. The number of carbonyl (C=O) groups excluding carboxylic acids is 1. The molecule has 0 bridgehead atoms. The molecule has 2 aliphatic rings. The van der Waals surface area contributed by atoms with Crippen LogP contribution in [0.15, 0.2) is 18.3 Å². The number of aryl methyl sites for hydroxylation is 1. The van der Waals surface area contributed by atoms with Crippen LogP contribution in [0.4, 0.5) is 13.2 Å². The maximum Gasteiger partial charge on any atom is 0.490 e. The summed E-state index contributed by atoms with van der Waals surface area (Å²) in [6.45, 7) is 3.60. The summed E-state index contributed by atoms with van der Waals surface area (Å²) in [5.41, 5.74) is 6.13. The number of aliphatic carboxylic acids is 1. The van der Waals surface area contributed by atoms with Crippen LogP contribution in [0.25, 0.3) is 17.3 Å². The van der Waals surface area contributed by atoms with Crippen LogP contribution in [-0.2, 0) is 24.2 Å². The van der Waals surface area contributed by atoms with Crippen LogP contribution in [0.3, 0.4) is 0 Å². The molecule has 0 atom stereocenters. The minimum absolute atomic E-state index is 0.00666. The molecule has 7 nitrogen and oxygen atoms in total. The van der Waals surface area contributed by atoms with Crippen LogP contribution < -0.4 is 5.32 Å². The molecule has 3 heterocycles. The van der Waals surface area contributed by atoms with E-state index in [1.54, 1.807) is 0 Å². The first-order chi connectivity index (χ1) is 14.7. The van der Waals surface area contributed by atoms with Crippen molar-refractivity contribution in [2.24, 2.45) is 0 Å². The molecule has 0 fully saturated rings. The number of rotatable bonds is 4. The van der Waals surface area contributed by atoms with Crippen molar-refractivity contribution in [3.63, 3.8) is 0 Å². The molecular weight excluding hydrogens is 413 g/mol. The zero-order valence-corrected chi connectivity index (χ0v) is 17.0. The van der Waals surface area contributed by atoms with E-state index in [1.807, 2.05) is 10.9 Å². The van der Waals surface area contributed by atoms with Crippen molar-refractivity contribution < 1.29 is 27.9 Å². The lowest BCUT2D eigenvalue weighted by Gasteiger charge is -2.17. The van der Waals surface area contributed by atoms with Gasteiger partial charge in [0.25, 0.3) is 5.91 Å². The number of allylic oxidation sites excluding steroid dienone is 1. The predicted molar refractivity (Wildman–Crippen MR) is 107 cm³/mol. The van der Waals surface area contributed by atoms with E-state index < -0.39 is 12.1 Å². The van der Waals surface area contributed by atoms with Gasteiger partial charge in [-0.1, -0.05) is 25.8 Å². The van der Waals surface area contributed by atoms with Gasteiger partial charge >= 0.3 is 12.1 Å². The average Bonchev–Trinajstić information content (AvgIpc) is 3.11. The van der Waals surface area contributed by atoms with E-state index >= 15 is 0 Å². The third kappa shape index (κ3) is 5.12. The summed E-state index contributed by atoms with van der Waals surface area (Å²) in [6.07, 6.45) is 6.43. The number of amides is 1. The molecule has 1 amide bonds. The second-order valence-corrected chi connectivity index (χ2v) is 7.27. The van der Waals surface area contributed by atoms with E-state index in [-0.39, 0.29) is 5.91 Å². The molecule has 2 N–H and O–H groups in total. The molecule has 31 heavy (non-hydrogen) atoms. The van der Waals surface area contributed by atoms with E-state index in [9.17, 15) is 18.0 Å². The summed E-state index contributed by atoms with van der Waals surface area (Å²) >= 11 is 0. The fourth-order valence-electron chi connectivity index (χ4n) is 3.52. The van der Waals surface area contributed by atoms with Gasteiger partial charge in [-0.25, -0.2) is 4.79 Å². The van der Waals surface area contributed by atoms with Crippen LogP contribution in [-0.4, -0.2) is 44.5 Å². The van der Waals surface area contributed by atoms with E-state index in [4.69, 9.17) is 15.0 Å². The highest BCUT2D eigenvalue weighted by Crippen LogP contribution is 2.35. The predicted octanol–water partition coefficient (Wildman–Crippen LogP) is 3.62. The number of nitrogens with zero attached hydrogens (tertiary/aromatic N) is 3. The quantitative estimate of drug-likeness (QED) is 0.714. The van der Waals surface area contributed by atoms with Crippen LogP contribution in [0.5, 0.6) is 0 Å². The molecule has 0 spiro atoms.